The van der Waals surface area contributed by atoms with E-state index in [9.17, 15) is 0 Å². The molecule has 56 valence electrons. The fourth-order valence-electron chi connectivity index (χ4n) is 0.462. The molecule has 0 rings (SSSR count). The molecule has 10 heavy (non-hydrogen) atoms. The van der Waals surface area contributed by atoms with Crippen LogP contribution in [0.25, 0.3) is 0 Å². The van der Waals surface area contributed by atoms with E-state index in [2.05, 4.69) is 15.9 Å². The van der Waals surface area contributed by atoms with E-state index >= 15 is 0 Å². The van der Waals surface area contributed by atoms with Crippen LogP contribution in [0, 0.1) is 0 Å². The molecule has 0 spiro atoms. The molecule has 0 amide bonds. The first-order valence-corrected chi connectivity index (χ1v) is 5.22. The number of nitrogens with two attached hydrogens (primary N) is 1. The normalized spacial score (nSPS) is 13.5. The summed E-state index contributed by atoms with van der Waals surface area (Å²) in [5.74, 6) is 0. The van der Waals surface area contributed by atoms with Crippen LogP contribution in [0.3, 0.4) is 0 Å². The molecule has 0 atom stereocenters. The molecule has 0 aromatic carbocycles. The standard InChI is InChI=1S/C7H10BrN.W/c1-3-7(9)6(2)4-5-8;/h4-5H,9H2,1-2H3;/b5-4?,7-6+;. The monoisotopic (exact) mass is 371 g/mol. The van der Waals surface area contributed by atoms with Crippen LogP contribution in [-0.2, 0) is 19.4 Å². The van der Waals surface area contributed by atoms with Crippen LogP contribution in [-0.4, -0.2) is 3.90 Å². The molecule has 0 fully saturated rings. The first-order valence-electron chi connectivity index (χ1n) is 2.83. The van der Waals surface area contributed by atoms with E-state index in [0.29, 0.717) is 0 Å². The zero-order chi connectivity index (χ0) is 8.15. The molecule has 2 N–H and O–H groups in total. The van der Waals surface area contributed by atoms with Crippen molar-refractivity contribution in [2.24, 2.45) is 5.73 Å². The van der Waals surface area contributed by atoms with Crippen molar-refractivity contribution in [2.45, 2.75) is 13.8 Å². The number of hydrogen-bond acceptors (Lipinski definition) is 1. The van der Waals surface area contributed by atoms with E-state index in [1.165, 1.54) is 23.3 Å². The number of allylic oxidation sites excluding steroid dienone is 3. The van der Waals surface area contributed by atoms with Crippen molar-refractivity contribution >= 4 is 19.8 Å². The number of hydrogen-bond donors (Lipinski definition) is 1. The van der Waals surface area contributed by atoms with Crippen molar-refractivity contribution in [1.29, 1.82) is 0 Å². The van der Waals surface area contributed by atoms with Gasteiger partial charge in [-0.15, -0.1) is 0 Å². The second-order valence-corrected chi connectivity index (χ2v) is 4.67. The zero-order valence-corrected chi connectivity index (χ0v) is 10.5. The molecule has 0 aliphatic heterocycles. The molecule has 0 saturated heterocycles. The zero-order valence-electron chi connectivity index (χ0n) is 6.02. The van der Waals surface area contributed by atoms with Gasteiger partial charge in [-0.2, -0.15) is 0 Å². The molecule has 0 aromatic rings. The third-order valence-electron chi connectivity index (χ3n) is 1.12. The Balaban J connectivity index is 4.50. The molecule has 0 bridgehead atoms. The molecule has 1 nitrogen and oxygen atoms in total. The molecule has 0 unspecified atom stereocenters. The molecular formula is C7H10BrNW. The summed E-state index contributed by atoms with van der Waals surface area (Å²) in [5.41, 5.74) is 7.76. The van der Waals surface area contributed by atoms with Gasteiger partial charge in [0, 0.05) is 0 Å². The average molecular weight is 372 g/mol. The fourth-order valence-corrected chi connectivity index (χ4v) is 1.44. The molecule has 0 radical (unpaired) electrons. The van der Waals surface area contributed by atoms with Gasteiger partial charge in [0.1, 0.15) is 0 Å². The van der Waals surface area contributed by atoms with E-state index in [1.54, 1.807) is 0 Å². The van der Waals surface area contributed by atoms with Crippen molar-refractivity contribution in [2.75, 3.05) is 0 Å². The van der Waals surface area contributed by atoms with Crippen molar-refractivity contribution in [3.8, 4) is 0 Å². The van der Waals surface area contributed by atoms with Gasteiger partial charge in [0.05, 0.1) is 0 Å². The van der Waals surface area contributed by atoms with Gasteiger partial charge in [0.15, 0.2) is 0 Å². The van der Waals surface area contributed by atoms with E-state index in [1.807, 2.05) is 24.9 Å². The Kier molecular flexibility index (Phi) is 5.19. The maximum atomic E-state index is 5.74. The predicted molar refractivity (Wildman–Crippen MR) is 45.6 cm³/mol. The maximum absolute atomic E-state index is 5.74. The van der Waals surface area contributed by atoms with E-state index in [0.717, 1.165) is 11.3 Å². The Bertz CT molecular complexity index is 194. The summed E-state index contributed by atoms with van der Waals surface area (Å²) in [6, 6.07) is 0. The fraction of sp³-hybridized carbons (Fsp3) is 0.286. The van der Waals surface area contributed by atoms with Crippen molar-refractivity contribution in [1.82, 2.24) is 0 Å². The van der Waals surface area contributed by atoms with Crippen LogP contribution >= 0.6 is 15.9 Å². The van der Waals surface area contributed by atoms with Gasteiger partial charge in [-0.1, -0.05) is 0 Å². The van der Waals surface area contributed by atoms with E-state index in [-0.39, 0.29) is 0 Å². The Morgan fingerprint density at radius 2 is 2.00 bits per heavy atom. The van der Waals surface area contributed by atoms with Gasteiger partial charge < -0.3 is 0 Å². The Morgan fingerprint density at radius 3 is 2.30 bits per heavy atom. The van der Waals surface area contributed by atoms with E-state index in [4.69, 9.17) is 5.73 Å². The summed E-state index contributed by atoms with van der Waals surface area (Å²) in [4.78, 5) is 1.81. The van der Waals surface area contributed by atoms with E-state index < -0.39 is 0 Å². The van der Waals surface area contributed by atoms with Crippen molar-refractivity contribution < 1.29 is 19.4 Å². The van der Waals surface area contributed by atoms with Gasteiger partial charge in [0.2, 0.25) is 0 Å². The van der Waals surface area contributed by atoms with Gasteiger partial charge in [-0.25, -0.2) is 0 Å². The first-order chi connectivity index (χ1) is 4.59. The third-order valence-corrected chi connectivity index (χ3v) is 2.17. The number of halogens is 1. The van der Waals surface area contributed by atoms with Gasteiger partial charge >= 0.3 is 81.1 Å². The Morgan fingerprint density at radius 1 is 1.50 bits per heavy atom. The van der Waals surface area contributed by atoms with Gasteiger partial charge in [0.25, 0.3) is 0 Å². The summed E-state index contributed by atoms with van der Waals surface area (Å²) in [5, 5.41) is 0. The third kappa shape index (κ3) is 3.48. The van der Waals surface area contributed by atoms with Crippen LogP contribution in [0.1, 0.15) is 13.8 Å². The van der Waals surface area contributed by atoms with Gasteiger partial charge in [-0.05, 0) is 0 Å². The summed E-state index contributed by atoms with van der Waals surface area (Å²) in [6.07, 6.45) is 1.95. The minimum atomic E-state index is 0.908. The molecule has 0 heterocycles. The summed E-state index contributed by atoms with van der Waals surface area (Å²) >= 11 is 4.62. The second-order valence-electron chi connectivity index (χ2n) is 1.95. The summed E-state index contributed by atoms with van der Waals surface area (Å²) in [6.45, 7) is 4.04. The summed E-state index contributed by atoms with van der Waals surface area (Å²) in [7, 11) is 0. The van der Waals surface area contributed by atoms with Crippen molar-refractivity contribution in [3.05, 3.63) is 22.3 Å². The van der Waals surface area contributed by atoms with Crippen LogP contribution < -0.4 is 5.73 Å². The molecule has 0 saturated carbocycles. The Hall–Kier alpha value is 0.318. The molecule has 0 aromatic heterocycles. The number of rotatable bonds is 2. The molecule has 0 aliphatic carbocycles. The first kappa shape index (κ1) is 10.3. The van der Waals surface area contributed by atoms with Crippen molar-refractivity contribution in [3.63, 3.8) is 0 Å². The van der Waals surface area contributed by atoms with Crippen LogP contribution in [0.2, 0.25) is 0 Å². The van der Waals surface area contributed by atoms with Gasteiger partial charge in [-0.3, -0.25) is 0 Å². The van der Waals surface area contributed by atoms with Crippen LogP contribution in [0.4, 0.5) is 0 Å². The predicted octanol–water partition coefficient (Wildman–Crippen LogP) is 1.87. The average Bonchev–Trinajstić information content (AvgIpc) is 1.87. The SMILES string of the molecule is C[C](=[W])/C(N)=C(/C)C=CBr. The van der Waals surface area contributed by atoms with Crippen LogP contribution in [0.5, 0.6) is 0 Å². The van der Waals surface area contributed by atoms with Crippen LogP contribution in [0.15, 0.2) is 22.3 Å². The quantitative estimate of drug-likeness (QED) is 0.737. The second kappa shape index (κ2) is 5.03. The Labute approximate surface area is 80.9 Å². The molecule has 0 aliphatic rings. The minimum absolute atomic E-state index is 0.908. The summed E-state index contributed by atoms with van der Waals surface area (Å²) < 4.78 is 1.24. The molecular weight excluding hydrogens is 362 g/mol. The molecule has 3 heteroatoms. The topological polar surface area (TPSA) is 26.0 Å².